The number of carbonyl (C=O) groups is 3. The first-order valence-corrected chi connectivity index (χ1v) is 9.52. The summed E-state index contributed by atoms with van der Waals surface area (Å²) in [5.41, 5.74) is 0.998. The molecule has 0 saturated heterocycles. The van der Waals surface area contributed by atoms with Crippen molar-refractivity contribution in [1.82, 2.24) is 0 Å². The van der Waals surface area contributed by atoms with Crippen LogP contribution in [0.15, 0.2) is 78.9 Å². The predicted octanol–water partition coefficient (Wildman–Crippen LogP) is 4.24. The highest BCUT2D eigenvalue weighted by molar-refractivity contribution is 5.94. The highest BCUT2D eigenvalue weighted by Crippen LogP contribution is 2.29. The standard InChI is InChI=1S/C24H21NO6/c1-17(26)18-11-13-19(14-12-18)29-16-24(28)30-15-23(27)25-21-9-5-6-10-22(21)31-20-7-3-2-4-8-20/h2-14H,15-16H2,1H3,(H,25,27). The van der Waals surface area contributed by atoms with Crippen molar-refractivity contribution in [3.63, 3.8) is 0 Å². The Bertz CT molecular complexity index is 1050. The predicted molar refractivity (Wildman–Crippen MR) is 114 cm³/mol. The second-order valence-corrected chi connectivity index (χ2v) is 6.49. The first-order chi connectivity index (χ1) is 15.0. The molecule has 1 N–H and O–H groups in total. The van der Waals surface area contributed by atoms with E-state index in [0.717, 1.165) is 0 Å². The average Bonchev–Trinajstić information content (AvgIpc) is 2.78. The van der Waals surface area contributed by atoms with E-state index < -0.39 is 18.5 Å². The van der Waals surface area contributed by atoms with Crippen molar-refractivity contribution < 1.29 is 28.6 Å². The number of Topliss-reactive ketones (excluding diaryl/α,β-unsaturated/α-hetero) is 1. The molecular weight excluding hydrogens is 398 g/mol. The molecule has 0 saturated carbocycles. The van der Waals surface area contributed by atoms with Crippen molar-refractivity contribution in [1.29, 1.82) is 0 Å². The Labute approximate surface area is 179 Å². The van der Waals surface area contributed by atoms with E-state index in [2.05, 4.69) is 5.32 Å². The third-order valence-corrected chi connectivity index (χ3v) is 4.11. The molecule has 31 heavy (non-hydrogen) atoms. The average molecular weight is 419 g/mol. The zero-order chi connectivity index (χ0) is 22.1. The lowest BCUT2D eigenvalue weighted by Crippen LogP contribution is -2.23. The van der Waals surface area contributed by atoms with Gasteiger partial charge in [0.05, 0.1) is 5.69 Å². The van der Waals surface area contributed by atoms with Crippen molar-refractivity contribution >= 4 is 23.3 Å². The van der Waals surface area contributed by atoms with Gasteiger partial charge >= 0.3 is 5.97 Å². The van der Waals surface area contributed by atoms with Gasteiger partial charge in [-0.25, -0.2) is 4.79 Å². The number of para-hydroxylation sites is 3. The van der Waals surface area contributed by atoms with Crippen molar-refractivity contribution in [2.24, 2.45) is 0 Å². The highest BCUT2D eigenvalue weighted by atomic mass is 16.6. The topological polar surface area (TPSA) is 90.9 Å². The van der Waals surface area contributed by atoms with E-state index in [4.69, 9.17) is 14.2 Å². The molecule has 0 fully saturated rings. The van der Waals surface area contributed by atoms with Crippen LogP contribution in [0.5, 0.6) is 17.2 Å². The van der Waals surface area contributed by atoms with E-state index in [1.165, 1.54) is 6.92 Å². The van der Waals surface area contributed by atoms with Gasteiger partial charge in [-0.3, -0.25) is 9.59 Å². The van der Waals surface area contributed by atoms with E-state index in [0.29, 0.717) is 28.5 Å². The highest BCUT2D eigenvalue weighted by Gasteiger charge is 2.12. The Balaban J connectivity index is 1.47. The van der Waals surface area contributed by atoms with Crippen molar-refractivity contribution in [3.05, 3.63) is 84.4 Å². The van der Waals surface area contributed by atoms with Crippen LogP contribution in [-0.4, -0.2) is 30.9 Å². The molecule has 158 valence electrons. The van der Waals surface area contributed by atoms with Crippen LogP contribution in [-0.2, 0) is 14.3 Å². The molecule has 0 radical (unpaired) electrons. The van der Waals surface area contributed by atoms with Crippen LogP contribution >= 0.6 is 0 Å². The number of anilines is 1. The molecule has 0 aliphatic carbocycles. The Hall–Kier alpha value is -4.13. The smallest absolute Gasteiger partial charge is 0.344 e. The summed E-state index contributed by atoms with van der Waals surface area (Å²) in [6.45, 7) is 0.635. The van der Waals surface area contributed by atoms with Gasteiger partial charge in [-0.1, -0.05) is 30.3 Å². The summed E-state index contributed by atoms with van der Waals surface area (Å²) in [5, 5.41) is 2.66. The number of esters is 1. The van der Waals surface area contributed by atoms with E-state index in [1.54, 1.807) is 60.7 Å². The van der Waals surface area contributed by atoms with Gasteiger partial charge in [0.15, 0.2) is 24.7 Å². The van der Waals surface area contributed by atoms with Gasteiger partial charge in [-0.2, -0.15) is 0 Å². The van der Waals surface area contributed by atoms with E-state index >= 15 is 0 Å². The third-order valence-electron chi connectivity index (χ3n) is 4.11. The summed E-state index contributed by atoms with van der Waals surface area (Å²) in [5.74, 6) is 0.240. The SMILES string of the molecule is CC(=O)c1ccc(OCC(=O)OCC(=O)Nc2ccccc2Oc2ccccc2)cc1. The van der Waals surface area contributed by atoms with Crippen LogP contribution in [0.25, 0.3) is 0 Å². The monoisotopic (exact) mass is 419 g/mol. The van der Waals surface area contributed by atoms with Crippen LogP contribution < -0.4 is 14.8 Å². The molecule has 0 aliphatic heterocycles. The molecule has 0 unspecified atom stereocenters. The molecule has 3 aromatic carbocycles. The van der Waals surface area contributed by atoms with E-state index in [9.17, 15) is 14.4 Å². The largest absolute Gasteiger partial charge is 0.482 e. The molecule has 0 heterocycles. The van der Waals surface area contributed by atoms with Crippen LogP contribution in [0.4, 0.5) is 5.69 Å². The molecule has 0 bridgehead atoms. The molecule has 0 atom stereocenters. The van der Waals surface area contributed by atoms with Crippen LogP contribution in [0.2, 0.25) is 0 Å². The van der Waals surface area contributed by atoms with Crippen molar-refractivity contribution in [2.75, 3.05) is 18.5 Å². The minimum absolute atomic E-state index is 0.0623. The number of ketones is 1. The Morgan fingerprint density at radius 3 is 2.16 bits per heavy atom. The Morgan fingerprint density at radius 2 is 1.45 bits per heavy atom. The summed E-state index contributed by atoms with van der Waals surface area (Å²) in [4.78, 5) is 35.3. The van der Waals surface area contributed by atoms with Gasteiger partial charge < -0.3 is 19.5 Å². The maximum atomic E-state index is 12.2. The summed E-state index contributed by atoms with van der Waals surface area (Å²) in [6.07, 6.45) is 0. The molecule has 7 heteroatoms. The number of benzene rings is 3. The molecule has 0 spiro atoms. The van der Waals surface area contributed by atoms with Crippen LogP contribution in [0, 0.1) is 0 Å². The van der Waals surface area contributed by atoms with Gasteiger partial charge in [0.2, 0.25) is 0 Å². The molecule has 0 aromatic heterocycles. The van der Waals surface area contributed by atoms with Crippen molar-refractivity contribution in [3.8, 4) is 17.2 Å². The first kappa shape index (κ1) is 21.6. The quantitative estimate of drug-likeness (QED) is 0.412. The number of hydrogen-bond donors (Lipinski definition) is 1. The fourth-order valence-electron chi connectivity index (χ4n) is 2.58. The maximum absolute atomic E-state index is 12.2. The lowest BCUT2D eigenvalue weighted by atomic mass is 10.1. The second-order valence-electron chi connectivity index (χ2n) is 6.49. The van der Waals surface area contributed by atoms with E-state index in [1.807, 2.05) is 18.2 Å². The Kier molecular flexibility index (Phi) is 7.37. The first-order valence-electron chi connectivity index (χ1n) is 9.52. The number of ether oxygens (including phenoxy) is 3. The number of carbonyl (C=O) groups excluding carboxylic acids is 3. The minimum atomic E-state index is -0.695. The summed E-state index contributed by atoms with van der Waals surface area (Å²) in [6, 6.07) is 22.5. The number of nitrogens with one attached hydrogen (secondary N) is 1. The number of amides is 1. The Morgan fingerprint density at radius 1 is 0.774 bits per heavy atom. The maximum Gasteiger partial charge on any atom is 0.344 e. The molecule has 0 aliphatic rings. The zero-order valence-corrected chi connectivity index (χ0v) is 16.9. The van der Waals surface area contributed by atoms with Crippen LogP contribution in [0.3, 0.4) is 0 Å². The third kappa shape index (κ3) is 6.71. The molecule has 3 aromatic rings. The lowest BCUT2D eigenvalue weighted by Gasteiger charge is -2.12. The van der Waals surface area contributed by atoms with Gasteiger partial charge in [0, 0.05) is 5.56 Å². The molecule has 3 rings (SSSR count). The van der Waals surface area contributed by atoms with Gasteiger partial charge in [-0.05, 0) is 55.5 Å². The number of rotatable bonds is 9. The molecule has 7 nitrogen and oxygen atoms in total. The summed E-state index contributed by atoms with van der Waals surface area (Å²) in [7, 11) is 0. The molecular formula is C24H21NO6. The van der Waals surface area contributed by atoms with E-state index in [-0.39, 0.29) is 12.4 Å². The van der Waals surface area contributed by atoms with Gasteiger partial charge in [0.25, 0.3) is 5.91 Å². The normalized spacial score (nSPS) is 10.1. The fraction of sp³-hybridized carbons (Fsp3) is 0.125. The van der Waals surface area contributed by atoms with Crippen LogP contribution in [0.1, 0.15) is 17.3 Å². The lowest BCUT2D eigenvalue weighted by molar-refractivity contribution is -0.149. The number of hydrogen-bond acceptors (Lipinski definition) is 6. The summed E-state index contributed by atoms with van der Waals surface area (Å²) < 4.78 is 16.0. The zero-order valence-electron chi connectivity index (χ0n) is 16.9. The second kappa shape index (κ2) is 10.6. The van der Waals surface area contributed by atoms with Gasteiger partial charge in [-0.15, -0.1) is 0 Å². The van der Waals surface area contributed by atoms with Gasteiger partial charge in [0.1, 0.15) is 11.5 Å². The fourth-order valence-corrected chi connectivity index (χ4v) is 2.58. The summed E-state index contributed by atoms with van der Waals surface area (Å²) >= 11 is 0. The molecule has 1 amide bonds. The van der Waals surface area contributed by atoms with Crippen molar-refractivity contribution in [2.45, 2.75) is 6.92 Å². The minimum Gasteiger partial charge on any atom is -0.482 e.